The Bertz CT molecular complexity index is 2200. The van der Waals surface area contributed by atoms with Crippen molar-refractivity contribution in [3.8, 4) is 34.3 Å². The van der Waals surface area contributed by atoms with Crippen molar-refractivity contribution in [2.45, 2.75) is 99.0 Å². The van der Waals surface area contributed by atoms with Crippen molar-refractivity contribution in [1.29, 1.82) is 0 Å². The molecule has 3 saturated heterocycles. The summed E-state index contributed by atoms with van der Waals surface area (Å²) in [6, 6.07) is 15.1. The van der Waals surface area contributed by atoms with Crippen LogP contribution in [-0.4, -0.2) is 167 Å². The lowest BCUT2D eigenvalue weighted by Crippen LogP contribution is -2.64. The Hall–Kier alpha value is -4.98. The average molecular weight is 861 g/mol. The van der Waals surface area contributed by atoms with Gasteiger partial charge in [0.25, 0.3) is 0 Å². The number of hydrogen-bond donors (Lipinski definition) is 11. The summed E-state index contributed by atoms with van der Waals surface area (Å²) in [6.07, 6.45) is -25.8. The summed E-state index contributed by atoms with van der Waals surface area (Å²) in [6.45, 7) is -0.0185. The zero-order valence-electron chi connectivity index (χ0n) is 31.9. The van der Waals surface area contributed by atoms with Crippen molar-refractivity contribution < 1.29 is 98.5 Å². The molecule has 0 amide bonds. The Morgan fingerprint density at radius 2 is 1.33 bits per heavy atom. The zero-order valence-corrected chi connectivity index (χ0v) is 31.9. The predicted molar refractivity (Wildman–Crippen MR) is 201 cm³/mol. The second-order valence-electron chi connectivity index (χ2n) is 14.7. The highest BCUT2D eigenvalue weighted by Crippen LogP contribution is 2.39. The molecule has 4 heterocycles. The third kappa shape index (κ3) is 8.87. The average Bonchev–Trinajstić information content (AvgIpc) is 3.25. The fourth-order valence-electron chi connectivity index (χ4n) is 7.03. The van der Waals surface area contributed by atoms with E-state index in [-0.39, 0.29) is 34.0 Å². The van der Waals surface area contributed by atoms with Crippen LogP contribution < -0.4 is 14.9 Å². The Balaban J connectivity index is 1.18. The van der Waals surface area contributed by atoms with Crippen LogP contribution in [-0.2, 0) is 23.7 Å². The van der Waals surface area contributed by atoms with Gasteiger partial charge in [-0.1, -0.05) is 18.2 Å². The summed E-state index contributed by atoms with van der Waals surface area (Å²) < 4.78 is 45.8. The smallest absolute Gasteiger partial charge is 0.338 e. The molecule has 0 aliphatic carbocycles. The predicted octanol–water partition coefficient (Wildman–Crippen LogP) is -2.05. The molecule has 330 valence electrons. The van der Waals surface area contributed by atoms with E-state index in [0.29, 0.717) is 0 Å². The van der Waals surface area contributed by atoms with Gasteiger partial charge in [0.1, 0.15) is 95.9 Å². The topological polar surface area (TPSA) is 334 Å². The first-order chi connectivity index (χ1) is 29.1. The van der Waals surface area contributed by atoms with E-state index in [2.05, 4.69) is 0 Å². The molecule has 0 radical (unpaired) electrons. The molecule has 1 aromatic heterocycles. The van der Waals surface area contributed by atoms with Crippen molar-refractivity contribution in [2.24, 2.45) is 0 Å². The summed E-state index contributed by atoms with van der Waals surface area (Å²) in [5.41, 5.74) is -1.09. The maximum absolute atomic E-state index is 14.1. The van der Waals surface area contributed by atoms with Crippen molar-refractivity contribution in [3.05, 3.63) is 82.5 Å². The molecular formula is C40H44O21. The minimum Gasteiger partial charge on any atom is -0.508 e. The molecule has 21 nitrogen and oxygen atoms in total. The third-order valence-corrected chi connectivity index (χ3v) is 10.5. The van der Waals surface area contributed by atoms with E-state index in [1.54, 1.807) is 18.2 Å². The molecule has 0 unspecified atom stereocenters. The minimum atomic E-state index is -1.96. The van der Waals surface area contributed by atoms with E-state index < -0.39 is 134 Å². The molecule has 61 heavy (non-hydrogen) atoms. The van der Waals surface area contributed by atoms with Gasteiger partial charge in [0.2, 0.25) is 23.8 Å². The van der Waals surface area contributed by atoms with E-state index in [1.165, 1.54) is 43.3 Å². The fraction of sp³-hybridized carbons (Fsp3) is 0.450. The number of hydrogen-bond acceptors (Lipinski definition) is 21. The molecule has 15 atom stereocenters. The Kier molecular flexibility index (Phi) is 13.1. The molecule has 3 aliphatic heterocycles. The van der Waals surface area contributed by atoms with Gasteiger partial charge >= 0.3 is 5.97 Å². The van der Waals surface area contributed by atoms with Crippen LogP contribution in [0.3, 0.4) is 0 Å². The molecule has 0 spiro atoms. The molecule has 7 rings (SSSR count). The molecule has 3 fully saturated rings. The number of phenols is 2. The van der Waals surface area contributed by atoms with Crippen LogP contribution in [0.25, 0.3) is 22.3 Å². The summed E-state index contributed by atoms with van der Waals surface area (Å²) in [5.74, 6) is -3.00. The number of aromatic hydroxyl groups is 2. The largest absolute Gasteiger partial charge is 0.508 e. The number of esters is 1. The van der Waals surface area contributed by atoms with Gasteiger partial charge in [-0.25, -0.2) is 4.79 Å². The van der Waals surface area contributed by atoms with Gasteiger partial charge in [0.05, 0.1) is 18.3 Å². The molecule has 4 aromatic rings. The summed E-state index contributed by atoms with van der Waals surface area (Å²) in [5, 5.41) is 116. The van der Waals surface area contributed by atoms with E-state index in [9.17, 15) is 65.8 Å². The second kappa shape index (κ2) is 18.2. The normalized spacial score (nSPS) is 34.2. The summed E-state index contributed by atoms with van der Waals surface area (Å²) in [7, 11) is 0. The van der Waals surface area contributed by atoms with Crippen LogP contribution in [0, 0.1) is 0 Å². The Morgan fingerprint density at radius 1 is 0.689 bits per heavy atom. The van der Waals surface area contributed by atoms with Crippen LogP contribution in [0.2, 0.25) is 0 Å². The number of fused-ring (bicyclic) bond motifs is 1. The lowest BCUT2D eigenvalue weighted by molar-refractivity contribution is -0.355. The lowest BCUT2D eigenvalue weighted by atomic mass is 9.97. The van der Waals surface area contributed by atoms with Gasteiger partial charge in [-0.3, -0.25) is 4.79 Å². The van der Waals surface area contributed by atoms with Crippen LogP contribution >= 0.6 is 0 Å². The van der Waals surface area contributed by atoms with Gasteiger partial charge in [-0.05, 0) is 43.3 Å². The Labute approximate surface area is 344 Å². The van der Waals surface area contributed by atoms with Gasteiger partial charge in [-0.15, -0.1) is 0 Å². The highest BCUT2D eigenvalue weighted by molar-refractivity contribution is 5.89. The zero-order chi connectivity index (χ0) is 43.9. The van der Waals surface area contributed by atoms with Crippen LogP contribution in [0.5, 0.6) is 23.0 Å². The lowest BCUT2D eigenvalue weighted by Gasteiger charge is -2.45. The first-order valence-electron chi connectivity index (χ1n) is 18.9. The number of aliphatic hydroxyl groups excluding tert-OH is 9. The quantitative estimate of drug-likeness (QED) is 0.0723. The number of aliphatic hydroxyl groups is 9. The Morgan fingerprint density at radius 3 is 2.00 bits per heavy atom. The number of carbonyl (C=O) groups excluding carboxylic acids is 1. The summed E-state index contributed by atoms with van der Waals surface area (Å²) in [4.78, 5) is 26.7. The van der Waals surface area contributed by atoms with E-state index in [0.717, 1.165) is 12.1 Å². The first-order valence-corrected chi connectivity index (χ1v) is 18.9. The number of carbonyl (C=O) groups is 1. The van der Waals surface area contributed by atoms with Crippen LogP contribution in [0.15, 0.2) is 75.9 Å². The monoisotopic (exact) mass is 860 g/mol. The molecule has 0 saturated carbocycles. The van der Waals surface area contributed by atoms with Crippen molar-refractivity contribution >= 4 is 16.9 Å². The van der Waals surface area contributed by atoms with Gasteiger partial charge in [0.15, 0.2) is 18.2 Å². The fourth-order valence-corrected chi connectivity index (χ4v) is 7.03. The number of rotatable bonds is 11. The van der Waals surface area contributed by atoms with E-state index in [4.69, 9.17) is 37.6 Å². The molecule has 3 aliphatic rings. The molecular weight excluding hydrogens is 816 g/mol. The minimum absolute atomic E-state index is 0.115. The number of ether oxygens (including phenoxy) is 7. The molecule has 3 aromatic carbocycles. The highest BCUT2D eigenvalue weighted by Gasteiger charge is 2.51. The standard InChI is InChI=1S/C40H44O21/c1-15-25(44)31(50)36(61-39-33(52)30(49)27(46)23(59-39)14-54-37(53)17-5-3-2-4-6-17)40(55-15)56-19-11-20(43)24-21(12-19)57-34(16-7-9-18(42)10-8-16)35(28(24)47)60-38-32(51)29(48)26(45)22(13-41)58-38/h2-12,15,22-23,25-27,29-33,36,38-46,48-52H,13-14H2,1H3/t15-,22+,23+,25-,26+,27+,29-,30-,31+,32+,33+,36+,38-,39-,40-/m0/s1. The maximum Gasteiger partial charge on any atom is 0.338 e. The van der Waals surface area contributed by atoms with E-state index >= 15 is 0 Å². The van der Waals surface area contributed by atoms with E-state index in [1.807, 2.05) is 0 Å². The molecule has 0 bridgehead atoms. The number of benzene rings is 3. The van der Waals surface area contributed by atoms with Gasteiger partial charge < -0.3 is 93.7 Å². The number of phenolic OH excluding ortho intramolecular Hbond substituents is 2. The third-order valence-electron chi connectivity index (χ3n) is 10.5. The summed E-state index contributed by atoms with van der Waals surface area (Å²) >= 11 is 0. The van der Waals surface area contributed by atoms with Gasteiger partial charge in [0, 0.05) is 17.7 Å². The SMILES string of the molecule is C[C@@H]1O[C@@H](Oc2cc(O)c3c(=O)c(O[C@@H]4O[C@H](CO)[C@@H](O)[C@H](O)[C@H]4O)c(-c4ccc(O)cc4)oc3c2)[C@H](O[C@@H]2O[C@H](COC(=O)c3ccccc3)[C@@H](O)[C@H](O)[C@H]2O)[C@H](O)[C@H]1O. The molecule has 21 heteroatoms. The molecule has 11 N–H and O–H groups in total. The second-order valence-corrected chi connectivity index (χ2v) is 14.7. The van der Waals surface area contributed by atoms with Crippen LogP contribution in [0.4, 0.5) is 0 Å². The van der Waals surface area contributed by atoms with Crippen molar-refractivity contribution in [3.63, 3.8) is 0 Å². The van der Waals surface area contributed by atoms with Crippen molar-refractivity contribution in [1.82, 2.24) is 0 Å². The van der Waals surface area contributed by atoms with Crippen molar-refractivity contribution in [2.75, 3.05) is 13.2 Å². The van der Waals surface area contributed by atoms with Gasteiger partial charge in [-0.2, -0.15) is 0 Å². The highest BCUT2D eigenvalue weighted by atomic mass is 16.8. The maximum atomic E-state index is 14.1. The first kappa shape index (κ1) is 44.1. The van der Waals surface area contributed by atoms with Crippen LogP contribution in [0.1, 0.15) is 17.3 Å².